The first-order valence-corrected chi connectivity index (χ1v) is 8.09. The number of carbonyl (C=O) groups is 1. The molecule has 4 nitrogen and oxygen atoms in total. The van der Waals surface area contributed by atoms with Gasteiger partial charge in [-0.25, -0.2) is 0 Å². The van der Waals surface area contributed by atoms with Crippen LogP contribution in [0.1, 0.15) is 28.8 Å². The van der Waals surface area contributed by atoms with Gasteiger partial charge in [0.25, 0.3) is 5.91 Å². The van der Waals surface area contributed by atoms with Crippen molar-refractivity contribution >= 4 is 5.91 Å². The molecular weight excluding hydrogens is 288 g/mol. The molecule has 2 aromatic rings. The average Bonchev–Trinajstić information content (AvgIpc) is 3.13. The number of hydrogen-bond donors (Lipinski definition) is 2. The molecule has 2 N–H and O–H groups in total. The van der Waals surface area contributed by atoms with E-state index in [9.17, 15) is 4.79 Å². The first kappa shape index (κ1) is 15.6. The summed E-state index contributed by atoms with van der Waals surface area (Å²) in [6, 6.07) is 17.7. The van der Waals surface area contributed by atoms with Gasteiger partial charge in [0.1, 0.15) is 12.4 Å². The van der Waals surface area contributed by atoms with E-state index in [1.54, 1.807) is 0 Å². The first-order valence-electron chi connectivity index (χ1n) is 8.09. The normalized spacial score (nSPS) is 17.0. The Kier molecular flexibility index (Phi) is 5.27. The van der Waals surface area contributed by atoms with E-state index in [0.29, 0.717) is 24.8 Å². The fourth-order valence-electron chi connectivity index (χ4n) is 2.68. The second-order valence-corrected chi connectivity index (χ2v) is 5.80. The van der Waals surface area contributed by atoms with Crippen LogP contribution in [0.3, 0.4) is 0 Å². The number of rotatable bonds is 6. The molecule has 1 unspecified atom stereocenters. The van der Waals surface area contributed by atoms with Gasteiger partial charge < -0.3 is 15.4 Å². The van der Waals surface area contributed by atoms with E-state index in [1.807, 2.05) is 54.6 Å². The molecule has 0 spiro atoms. The Bertz CT molecular complexity index is 620. The highest BCUT2D eigenvalue weighted by Crippen LogP contribution is 2.12. The van der Waals surface area contributed by atoms with Crippen LogP contribution in [0.5, 0.6) is 5.75 Å². The third-order valence-corrected chi connectivity index (χ3v) is 4.04. The molecule has 0 bridgehead atoms. The van der Waals surface area contributed by atoms with E-state index < -0.39 is 0 Å². The smallest absolute Gasteiger partial charge is 0.251 e. The number of hydrogen-bond acceptors (Lipinski definition) is 3. The Labute approximate surface area is 136 Å². The Balaban J connectivity index is 1.49. The quantitative estimate of drug-likeness (QED) is 0.862. The lowest BCUT2D eigenvalue weighted by Crippen LogP contribution is -2.37. The Morgan fingerprint density at radius 2 is 1.91 bits per heavy atom. The van der Waals surface area contributed by atoms with Gasteiger partial charge in [-0.2, -0.15) is 0 Å². The average molecular weight is 310 g/mol. The third-order valence-electron chi connectivity index (χ3n) is 4.04. The van der Waals surface area contributed by atoms with Crippen molar-refractivity contribution in [2.45, 2.75) is 25.5 Å². The van der Waals surface area contributed by atoms with Crippen LogP contribution in [0.15, 0.2) is 54.6 Å². The summed E-state index contributed by atoms with van der Waals surface area (Å²) < 4.78 is 5.70. The zero-order valence-corrected chi connectivity index (χ0v) is 13.1. The largest absolute Gasteiger partial charge is 0.489 e. The third kappa shape index (κ3) is 4.57. The monoisotopic (exact) mass is 310 g/mol. The summed E-state index contributed by atoms with van der Waals surface area (Å²) in [4.78, 5) is 12.1. The van der Waals surface area contributed by atoms with Gasteiger partial charge in [0.2, 0.25) is 0 Å². The number of carbonyl (C=O) groups excluding carboxylic acids is 1. The van der Waals surface area contributed by atoms with E-state index in [4.69, 9.17) is 4.74 Å². The van der Waals surface area contributed by atoms with Crippen molar-refractivity contribution in [2.75, 3.05) is 13.1 Å². The van der Waals surface area contributed by atoms with Crippen LogP contribution < -0.4 is 15.4 Å². The van der Waals surface area contributed by atoms with Crippen LogP contribution in [0, 0.1) is 0 Å². The van der Waals surface area contributed by atoms with Gasteiger partial charge >= 0.3 is 0 Å². The van der Waals surface area contributed by atoms with Crippen molar-refractivity contribution < 1.29 is 9.53 Å². The Hall–Kier alpha value is -2.33. The molecule has 1 atom stereocenters. The molecule has 1 aliphatic heterocycles. The minimum atomic E-state index is -0.0192. The first-order chi connectivity index (χ1) is 11.3. The summed E-state index contributed by atoms with van der Waals surface area (Å²) in [6.07, 6.45) is 2.33. The van der Waals surface area contributed by atoms with Crippen LogP contribution in [0.2, 0.25) is 0 Å². The molecule has 0 aliphatic carbocycles. The Morgan fingerprint density at radius 1 is 1.13 bits per heavy atom. The number of benzene rings is 2. The molecule has 1 saturated heterocycles. The molecule has 0 radical (unpaired) electrons. The minimum Gasteiger partial charge on any atom is -0.489 e. The predicted molar refractivity (Wildman–Crippen MR) is 90.6 cm³/mol. The van der Waals surface area contributed by atoms with Crippen LogP contribution in [0.25, 0.3) is 0 Å². The van der Waals surface area contributed by atoms with Crippen molar-refractivity contribution in [1.29, 1.82) is 0 Å². The van der Waals surface area contributed by atoms with Crippen LogP contribution in [-0.4, -0.2) is 25.0 Å². The molecule has 0 aromatic heterocycles. The van der Waals surface area contributed by atoms with Crippen molar-refractivity contribution in [3.8, 4) is 5.75 Å². The maximum Gasteiger partial charge on any atom is 0.251 e. The van der Waals surface area contributed by atoms with Gasteiger partial charge in [-0.1, -0.05) is 30.3 Å². The Morgan fingerprint density at radius 3 is 2.61 bits per heavy atom. The molecule has 120 valence electrons. The molecule has 3 rings (SSSR count). The summed E-state index contributed by atoms with van der Waals surface area (Å²) >= 11 is 0. The van der Waals surface area contributed by atoms with Crippen LogP contribution in [0.4, 0.5) is 0 Å². The zero-order chi connectivity index (χ0) is 15.9. The van der Waals surface area contributed by atoms with Gasteiger partial charge in [-0.15, -0.1) is 0 Å². The maximum atomic E-state index is 12.1. The van der Waals surface area contributed by atoms with Crippen LogP contribution in [-0.2, 0) is 6.61 Å². The lowest BCUT2D eigenvalue weighted by molar-refractivity contribution is 0.0950. The number of nitrogens with one attached hydrogen (secondary N) is 2. The van der Waals surface area contributed by atoms with E-state index >= 15 is 0 Å². The fraction of sp³-hybridized carbons (Fsp3) is 0.316. The van der Waals surface area contributed by atoms with Crippen molar-refractivity contribution in [2.24, 2.45) is 0 Å². The van der Waals surface area contributed by atoms with Gasteiger partial charge in [0, 0.05) is 18.2 Å². The van der Waals surface area contributed by atoms with E-state index in [0.717, 1.165) is 24.3 Å². The van der Waals surface area contributed by atoms with Gasteiger partial charge in [0.15, 0.2) is 0 Å². The highest BCUT2D eigenvalue weighted by Gasteiger charge is 2.15. The zero-order valence-electron chi connectivity index (χ0n) is 13.1. The summed E-state index contributed by atoms with van der Waals surface area (Å²) in [5.74, 6) is 0.826. The number of amides is 1. The van der Waals surface area contributed by atoms with E-state index in [2.05, 4.69) is 10.6 Å². The second kappa shape index (κ2) is 7.79. The summed E-state index contributed by atoms with van der Waals surface area (Å²) in [5, 5.41) is 6.36. The second-order valence-electron chi connectivity index (χ2n) is 5.80. The molecule has 1 heterocycles. The van der Waals surface area contributed by atoms with Gasteiger partial charge in [0.05, 0.1) is 0 Å². The van der Waals surface area contributed by atoms with E-state index in [1.165, 1.54) is 6.42 Å². The molecule has 1 amide bonds. The van der Waals surface area contributed by atoms with Crippen molar-refractivity contribution in [3.05, 3.63) is 65.7 Å². The van der Waals surface area contributed by atoms with Gasteiger partial charge in [-0.3, -0.25) is 4.79 Å². The molecule has 1 aliphatic rings. The summed E-state index contributed by atoms with van der Waals surface area (Å²) in [6.45, 7) is 2.24. The maximum absolute atomic E-state index is 12.1. The molecule has 4 heteroatoms. The summed E-state index contributed by atoms with van der Waals surface area (Å²) in [7, 11) is 0. The molecule has 2 aromatic carbocycles. The summed E-state index contributed by atoms with van der Waals surface area (Å²) in [5.41, 5.74) is 1.73. The number of para-hydroxylation sites is 1. The molecule has 23 heavy (non-hydrogen) atoms. The SMILES string of the molecule is O=C(NCC1CCCN1)c1ccc(COc2ccccc2)cc1. The molecular formula is C19H22N2O2. The fourth-order valence-corrected chi connectivity index (χ4v) is 2.68. The predicted octanol–water partition coefficient (Wildman–Crippen LogP) is 2.75. The molecule has 1 fully saturated rings. The van der Waals surface area contributed by atoms with Crippen molar-refractivity contribution in [1.82, 2.24) is 10.6 Å². The highest BCUT2D eigenvalue weighted by atomic mass is 16.5. The lowest BCUT2D eigenvalue weighted by Gasteiger charge is -2.12. The highest BCUT2D eigenvalue weighted by molar-refractivity contribution is 5.94. The standard InChI is InChI=1S/C19H22N2O2/c22-19(21-13-17-5-4-12-20-17)16-10-8-15(9-11-16)14-23-18-6-2-1-3-7-18/h1-3,6-11,17,20H,4-5,12-14H2,(H,21,22). The topological polar surface area (TPSA) is 50.4 Å². The van der Waals surface area contributed by atoms with Crippen LogP contribution >= 0.6 is 0 Å². The lowest BCUT2D eigenvalue weighted by atomic mass is 10.1. The van der Waals surface area contributed by atoms with Crippen molar-refractivity contribution in [3.63, 3.8) is 0 Å². The minimum absolute atomic E-state index is 0.0192. The van der Waals surface area contributed by atoms with E-state index in [-0.39, 0.29) is 5.91 Å². The number of ether oxygens (including phenoxy) is 1. The van der Waals surface area contributed by atoms with Gasteiger partial charge in [-0.05, 0) is 49.2 Å². The molecule has 0 saturated carbocycles.